The molecule has 2 aliphatic rings. The van der Waals surface area contributed by atoms with Gasteiger partial charge in [0.1, 0.15) is 18.0 Å². The van der Waals surface area contributed by atoms with Gasteiger partial charge in [-0.2, -0.15) is 5.10 Å². The monoisotopic (exact) mass is 441 g/mol. The zero-order valence-corrected chi connectivity index (χ0v) is 19.4. The molecule has 2 aromatic rings. The van der Waals surface area contributed by atoms with E-state index in [-0.39, 0.29) is 0 Å². The van der Waals surface area contributed by atoms with Gasteiger partial charge in [0.05, 0.1) is 11.8 Å². The van der Waals surface area contributed by atoms with Gasteiger partial charge < -0.3 is 14.4 Å². The minimum Gasteiger partial charge on any atom is -0.490 e. The number of aromatic nitrogens is 2. The number of likely N-dealkylation sites (tertiary alicyclic amines) is 1. The van der Waals surface area contributed by atoms with Crippen LogP contribution in [0.2, 0.25) is 0 Å². The van der Waals surface area contributed by atoms with Crippen LogP contribution in [0.3, 0.4) is 0 Å². The third kappa shape index (κ3) is 5.97. The van der Waals surface area contributed by atoms with Crippen molar-refractivity contribution in [1.82, 2.24) is 15.1 Å². The van der Waals surface area contributed by atoms with Crippen molar-refractivity contribution in [2.75, 3.05) is 20.1 Å². The molecule has 5 nitrogen and oxygen atoms in total. The molecule has 1 aliphatic heterocycles. The lowest BCUT2D eigenvalue weighted by Gasteiger charge is -2.32. The highest BCUT2D eigenvalue weighted by atomic mass is 19.1. The zero-order chi connectivity index (χ0) is 22.3. The molecule has 1 saturated carbocycles. The Balaban J connectivity index is 1.51. The molecule has 0 spiro atoms. The number of alkyl halides is 1. The fraction of sp³-hybridized carbons (Fsp3) is 0.615. The van der Waals surface area contributed by atoms with Crippen molar-refractivity contribution >= 4 is 0 Å². The van der Waals surface area contributed by atoms with Crippen LogP contribution in [0.15, 0.2) is 30.3 Å². The molecule has 2 fully saturated rings. The normalized spacial score (nSPS) is 22.6. The van der Waals surface area contributed by atoms with Crippen molar-refractivity contribution in [2.24, 2.45) is 0 Å². The van der Waals surface area contributed by atoms with Gasteiger partial charge in [0.25, 0.3) is 0 Å². The van der Waals surface area contributed by atoms with Gasteiger partial charge in [0.2, 0.25) is 5.88 Å². The molecule has 1 aliphatic carbocycles. The fourth-order valence-corrected chi connectivity index (χ4v) is 4.65. The first kappa shape index (κ1) is 23.0. The standard InChI is InChI=1S/C26H36FN3O2/c1-3-4-10-24-22(17-26(29-28-24)32-25-15-16-30(2)18-23(25)27)19-11-13-21(14-12-19)31-20-8-6-5-7-9-20/h11-14,17,20,23,25H,3-10,15-16,18H2,1-2H3/t23-,25-/m0/s1. The lowest BCUT2D eigenvalue weighted by molar-refractivity contribution is 0.0281. The summed E-state index contributed by atoms with van der Waals surface area (Å²) in [6.07, 6.45) is 8.61. The molecule has 1 aromatic heterocycles. The lowest BCUT2D eigenvalue weighted by atomic mass is 9.97. The quantitative estimate of drug-likeness (QED) is 0.532. The van der Waals surface area contributed by atoms with Crippen LogP contribution in [0.4, 0.5) is 4.39 Å². The van der Waals surface area contributed by atoms with Crippen molar-refractivity contribution in [3.8, 4) is 22.8 Å². The smallest absolute Gasteiger partial charge is 0.234 e. The van der Waals surface area contributed by atoms with Gasteiger partial charge in [-0.15, -0.1) is 5.10 Å². The molecule has 4 rings (SSSR count). The summed E-state index contributed by atoms with van der Waals surface area (Å²) >= 11 is 0. The Hall–Kier alpha value is -2.21. The predicted octanol–water partition coefficient (Wildman–Crippen LogP) is 5.62. The molecule has 2 atom stereocenters. The third-order valence-corrected chi connectivity index (χ3v) is 6.59. The van der Waals surface area contributed by atoms with E-state index in [0.717, 1.165) is 61.2 Å². The highest BCUT2D eigenvalue weighted by Gasteiger charge is 2.30. The second-order valence-electron chi connectivity index (χ2n) is 9.27. The van der Waals surface area contributed by atoms with E-state index in [1.54, 1.807) is 0 Å². The number of halogens is 1. The number of nitrogens with zero attached hydrogens (tertiary/aromatic N) is 3. The summed E-state index contributed by atoms with van der Waals surface area (Å²) < 4.78 is 26.6. The van der Waals surface area contributed by atoms with Gasteiger partial charge in [-0.05, 0) is 69.7 Å². The molecular weight excluding hydrogens is 405 g/mol. The number of piperidine rings is 1. The second-order valence-corrected chi connectivity index (χ2v) is 9.27. The van der Waals surface area contributed by atoms with Gasteiger partial charge in [-0.3, -0.25) is 0 Å². The van der Waals surface area contributed by atoms with Gasteiger partial charge in [0, 0.05) is 24.7 Å². The van der Waals surface area contributed by atoms with Crippen LogP contribution in [0.5, 0.6) is 11.6 Å². The zero-order valence-electron chi connectivity index (χ0n) is 19.4. The van der Waals surface area contributed by atoms with Crippen LogP contribution in [-0.2, 0) is 6.42 Å². The fourth-order valence-electron chi connectivity index (χ4n) is 4.65. The second kappa shape index (κ2) is 11.1. The number of benzene rings is 1. The Morgan fingerprint density at radius 1 is 1.03 bits per heavy atom. The third-order valence-electron chi connectivity index (χ3n) is 6.59. The topological polar surface area (TPSA) is 47.5 Å². The van der Waals surface area contributed by atoms with Crippen LogP contribution in [0.25, 0.3) is 11.1 Å². The van der Waals surface area contributed by atoms with E-state index in [4.69, 9.17) is 9.47 Å². The highest BCUT2D eigenvalue weighted by molar-refractivity contribution is 5.67. The van der Waals surface area contributed by atoms with Gasteiger partial charge in [0.15, 0.2) is 0 Å². The molecule has 1 aromatic carbocycles. The molecule has 174 valence electrons. The summed E-state index contributed by atoms with van der Waals surface area (Å²) in [5.74, 6) is 1.32. The van der Waals surface area contributed by atoms with Crippen LogP contribution >= 0.6 is 0 Å². The van der Waals surface area contributed by atoms with E-state index in [2.05, 4.69) is 29.3 Å². The molecule has 2 heterocycles. The van der Waals surface area contributed by atoms with Gasteiger partial charge >= 0.3 is 0 Å². The number of unbranched alkanes of at least 4 members (excludes halogenated alkanes) is 1. The number of hydrogen-bond donors (Lipinski definition) is 0. The van der Waals surface area contributed by atoms with E-state index in [1.165, 1.54) is 19.3 Å². The summed E-state index contributed by atoms with van der Waals surface area (Å²) in [7, 11) is 1.94. The summed E-state index contributed by atoms with van der Waals surface area (Å²) in [5, 5.41) is 8.76. The highest BCUT2D eigenvalue weighted by Crippen LogP contribution is 2.30. The SMILES string of the molecule is CCCCc1nnc(O[C@H]2CCN(C)C[C@@H]2F)cc1-c1ccc(OC2CCCCC2)cc1. The Bertz CT molecular complexity index is 855. The molecular formula is C26H36FN3O2. The van der Waals surface area contributed by atoms with Gasteiger partial charge in [-0.1, -0.05) is 31.9 Å². The van der Waals surface area contributed by atoms with Crippen molar-refractivity contribution in [1.29, 1.82) is 0 Å². The van der Waals surface area contributed by atoms with Gasteiger partial charge in [-0.25, -0.2) is 4.39 Å². The van der Waals surface area contributed by atoms with E-state index in [9.17, 15) is 4.39 Å². The van der Waals surface area contributed by atoms with Crippen molar-refractivity contribution in [3.63, 3.8) is 0 Å². The number of aryl methyl sites for hydroxylation is 1. The number of hydrogen-bond acceptors (Lipinski definition) is 5. The van der Waals surface area contributed by atoms with Crippen molar-refractivity contribution in [2.45, 2.75) is 83.1 Å². The maximum absolute atomic E-state index is 14.5. The summed E-state index contributed by atoms with van der Waals surface area (Å²) in [5.41, 5.74) is 3.03. The molecule has 0 N–H and O–H groups in total. The Labute approximate surface area is 191 Å². The average molecular weight is 442 g/mol. The van der Waals surface area contributed by atoms with Crippen LogP contribution in [-0.4, -0.2) is 53.6 Å². The number of rotatable bonds is 8. The van der Waals surface area contributed by atoms with E-state index in [0.29, 0.717) is 24.9 Å². The summed E-state index contributed by atoms with van der Waals surface area (Å²) in [4.78, 5) is 1.99. The first-order chi connectivity index (χ1) is 15.6. The predicted molar refractivity (Wildman–Crippen MR) is 125 cm³/mol. The van der Waals surface area contributed by atoms with Crippen LogP contribution < -0.4 is 9.47 Å². The van der Waals surface area contributed by atoms with Crippen molar-refractivity contribution < 1.29 is 13.9 Å². The Kier molecular flexibility index (Phi) is 7.95. The van der Waals surface area contributed by atoms with Crippen LogP contribution in [0.1, 0.15) is 64.0 Å². The summed E-state index contributed by atoms with van der Waals surface area (Å²) in [6, 6.07) is 10.2. The molecule has 32 heavy (non-hydrogen) atoms. The average Bonchev–Trinajstić information content (AvgIpc) is 2.81. The lowest BCUT2D eigenvalue weighted by Crippen LogP contribution is -2.45. The first-order valence-electron chi connectivity index (χ1n) is 12.3. The van der Waals surface area contributed by atoms with E-state index < -0.39 is 12.3 Å². The Morgan fingerprint density at radius 2 is 1.81 bits per heavy atom. The molecule has 0 radical (unpaired) electrons. The largest absolute Gasteiger partial charge is 0.490 e. The van der Waals surface area contributed by atoms with E-state index >= 15 is 0 Å². The Morgan fingerprint density at radius 3 is 2.53 bits per heavy atom. The molecule has 0 unspecified atom stereocenters. The molecule has 6 heteroatoms. The van der Waals surface area contributed by atoms with Crippen LogP contribution in [0, 0.1) is 0 Å². The molecule has 1 saturated heterocycles. The maximum Gasteiger partial charge on any atom is 0.234 e. The molecule has 0 amide bonds. The minimum absolute atomic E-state index is 0.334. The minimum atomic E-state index is -1.02. The van der Waals surface area contributed by atoms with E-state index in [1.807, 2.05) is 30.1 Å². The first-order valence-corrected chi connectivity index (χ1v) is 12.3. The molecule has 0 bridgehead atoms. The van der Waals surface area contributed by atoms with Crippen molar-refractivity contribution in [3.05, 3.63) is 36.0 Å². The number of ether oxygens (including phenoxy) is 2. The summed E-state index contributed by atoms with van der Waals surface area (Å²) in [6.45, 7) is 3.38. The maximum atomic E-state index is 14.5.